The number of halogens is 1. The zero-order valence-electron chi connectivity index (χ0n) is 19.4. The first kappa shape index (κ1) is 24.3. The number of anilines is 1. The van der Waals surface area contributed by atoms with Gasteiger partial charge in [0.15, 0.2) is 11.5 Å². The van der Waals surface area contributed by atoms with Crippen LogP contribution in [0, 0.1) is 17.1 Å². The Bertz CT molecular complexity index is 1430. The Kier molecular flexibility index (Phi) is 6.61. The number of hydrogen-bond donors (Lipinski definition) is 2. The van der Waals surface area contributed by atoms with E-state index in [1.54, 1.807) is 6.92 Å². The molecule has 3 aromatic rings. The number of Topliss-reactive ketones (excluding diaryl/α,β-unsaturated/α-hetero) is 1. The topological polar surface area (TPSA) is 120 Å². The summed E-state index contributed by atoms with van der Waals surface area (Å²) in [6, 6.07) is 14.5. The Morgan fingerprint density at radius 1 is 1.08 bits per heavy atom. The average molecular weight is 488 g/mol. The lowest BCUT2D eigenvalue weighted by Gasteiger charge is -2.26. The highest BCUT2D eigenvalue weighted by atomic mass is 19.1. The predicted octanol–water partition coefficient (Wildman–Crippen LogP) is 4.44. The smallest absolute Gasteiger partial charge is 0.300 e. The van der Waals surface area contributed by atoms with E-state index in [2.05, 4.69) is 0 Å². The number of nitrogens with zero attached hydrogens (tertiary/aromatic N) is 2. The van der Waals surface area contributed by atoms with Crippen molar-refractivity contribution in [1.29, 1.82) is 5.26 Å². The maximum absolute atomic E-state index is 14.1. The molecule has 4 rings (SSSR count). The van der Waals surface area contributed by atoms with Crippen molar-refractivity contribution in [2.45, 2.75) is 13.0 Å². The number of phenolic OH excluding ortho intramolecular Hbond substituents is 1. The van der Waals surface area contributed by atoms with Crippen LogP contribution in [0.1, 0.15) is 29.7 Å². The molecule has 36 heavy (non-hydrogen) atoms. The van der Waals surface area contributed by atoms with Gasteiger partial charge in [-0.3, -0.25) is 14.5 Å². The van der Waals surface area contributed by atoms with Crippen LogP contribution in [0.4, 0.5) is 10.1 Å². The molecule has 182 valence electrons. The zero-order chi connectivity index (χ0) is 26.0. The molecule has 1 heterocycles. The minimum absolute atomic E-state index is 0.0953. The lowest BCUT2D eigenvalue weighted by molar-refractivity contribution is -0.132. The molecule has 0 saturated carbocycles. The van der Waals surface area contributed by atoms with Crippen LogP contribution in [0.2, 0.25) is 0 Å². The van der Waals surface area contributed by atoms with Crippen molar-refractivity contribution in [2.75, 3.05) is 18.6 Å². The normalized spacial score (nSPS) is 16.6. The molecule has 8 nitrogen and oxygen atoms in total. The number of aliphatic hydroxyl groups excluding tert-OH is 1. The molecule has 1 fully saturated rings. The number of ether oxygens (including phenoxy) is 2. The SMILES string of the molecule is CCOc1cc(C2/C(=C(\O)c3cc(F)ccc3OC)C(=O)C(=O)N2c2ccc(C#N)cc2)ccc1O. The monoisotopic (exact) mass is 488 g/mol. The van der Waals surface area contributed by atoms with Crippen molar-refractivity contribution in [3.63, 3.8) is 0 Å². The molecule has 3 aromatic carbocycles. The number of methoxy groups -OCH3 is 1. The van der Waals surface area contributed by atoms with Gasteiger partial charge in [0, 0.05) is 5.69 Å². The lowest BCUT2D eigenvalue weighted by atomic mass is 9.94. The molecule has 1 aliphatic heterocycles. The van der Waals surface area contributed by atoms with Crippen LogP contribution in [0.5, 0.6) is 17.2 Å². The number of nitriles is 1. The van der Waals surface area contributed by atoms with E-state index in [0.717, 1.165) is 12.1 Å². The number of phenols is 1. The molecule has 0 aliphatic carbocycles. The minimum Gasteiger partial charge on any atom is -0.507 e. The highest BCUT2D eigenvalue weighted by molar-refractivity contribution is 6.51. The second-order valence-corrected chi connectivity index (χ2v) is 7.83. The maximum atomic E-state index is 14.1. The number of amides is 1. The van der Waals surface area contributed by atoms with Gasteiger partial charge in [-0.25, -0.2) is 4.39 Å². The van der Waals surface area contributed by atoms with E-state index < -0.39 is 29.3 Å². The third-order valence-electron chi connectivity index (χ3n) is 5.74. The lowest BCUT2D eigenvalue weighted by Crippen LogP contribution is -2.29. The molecule has 1 aliphatic rings. The van der Waals surface area contributed by atoms with Gasteiger partial charge < -0.3 is 19.7 Å². The van der Waals surface area contributed by atoms with E-state index in [0.29, 0.717) is 11.1 Å². The van der Waals surface area contributed by atoms with E-state index in [-0.39, 0.29) is 40.7 Å². The fraction of sp³-hybridized carbons (Fsp3) is 0.148. The second kappa shape index (κ2) is 9.80. The molecule has 0 aromatic heterocycles. The summed E-state index contributed by atoms with van der Waals surface area (Å²) in [5.41, 5.74) is 0.569. The van der Waals surface area contributed by atoms with Crippen molar-refractivity contribution >= 4 is 23.1 Å². The number of benzene rings is 3. The molecule has 1 amide bonds. The summed E-state index contributed by atoms with van der Waals surface area (Å²) in [6.45, 7) is 1.97. The fourth-order valence-corrected chi connectivity index (χ4v) is 4.09. The molecule has 1 atom stereocenters. The fourth-order valence-electron chi connectivity index (χ4n) is 4.09. The van der Waals surface area contributed by atoms with Crippen LogP contribution in [-0.2, 0) is 9.59 Å². The second-order valence-electron chi connectivity index (χ2n) is 7.83. The van der Waals surface area contributed by atoms with E-state index in [1.165, 1.54) is 60.5 Å². The molecule has 1 saturated heterocycles. The number of hydrogen-bond acceptors (Lipinski definition) is 7. The first-order chi connectivity index (χ1) is 17.3. The number of aliphatic hydroxyl groups is 1. The third-order valence-corrected chi connectivity index (χ3v) is 5.74. The van der Waals surface area contributed by atoms with Crippen LogP contribution in [0.25, 0.3) is 5.76 Å². The maximum Gasteiger partial charge on any atom is 0.300 e. The Hall–Kier alpha value is -4.84. The van der Waals surface area contributed by atoms with E-state index in [4.69, 9.17) is 14.7 Å². The van der Waals surface area contributed by atoms with Gasteiger partial charge in [0.05, 0.1) is 42.5 Å². The predicted molar refractivity (Wildman–Crippen MR) is 128 cm³/mol. The van der Waals surface area contributed by atoms with Crippen molar-refractivity contribution < 1.29 is 33.7 Å². The molecule has 0 radical (unpaired) electrons. The highest BCUT2D eigenvalue weighted by Crippen LogP contribution is 2.45. The van der Waals surface area contributed by atoms with Gasteiger partial charge in [0.1, 0.15) is 17.3 Å². The molecular weight excluding hydrogens is 467 g/mol. The van der Waals surface area contributed by atoms with E-state index in [9.17, 15) is 24.2 Å². The van der Waals surface area contributed by atoms with Crippen molar-refractivity contribution in [2.24, 2.45) is 0 Å². The van der Waals surface area contributed by atoms with Crippen molar-refractivity contribution in [1.82, 2.24) is 0 Å². The summed E-state index contributed by atoms with van der Waals surface area (Å²) in [4.78, 5) is 27.7. The minimum atomic E-state index is -1.16. The summed E-state index contributed by atoms with van der Waals surface area (Å²) in [5.74, 6) is -3.19. The standard InChI is InChI=1S/C27H21FN2O6/c1-3-36-22-12-16(6-10-20(22)31)24-23(25(32)19-13-17(28)7-11-21(19)35-2)26(33)27(34)30(24)18-8-4-15(14-29)5-9-18/h4-13,24,31-32H,3H2,1-2H3/b25-23+. The van der Waals surface area contributed by atoms with Gasteiger partial charge in [-0.15, -0.1) is 0 Å². The van der Waals surface area contributed by atoms with Gasteiger partial charge in [0.2, 0.25) is 0 Å². The van der Waals surface area contributed by atoms with Crippen molar-refractivity contribution in [3.05, 3.63) is 88.7 Å². The largest absolute Gasteiger partial charge is 0.507 e. The summed E-state index contributed by atoms with van der Waals surface area (Å²) < 4.78 is 24.8. The average Bonchev–Trinajstić information content (AvgIpc) is 3.15. The Balaban J connectivity index is 1.99. The first-order valence-corrected chi connectivity index (χ1v) is 10.9. The number of rotatable bonds is 6. The Labute approximate surface area is 206 Å². The number of aromatic hydroxyl groups is 1. The molecule has 0 bridgehead atoms. The highest BCUT2D eigenvalue weighted by Gasteiger charge is 2.47. The van der Waals surface area contributed by atoms with Crippen LogP contribution in [0.3, 0.4) is 0 Å². The van der Waals surface area contributed by atoms with Gasteiger partial charge >= 0.3 is 0 Å². The van der Waals surface area contributed by atoms with E-state index >= 15 is 0 Å². The van der Waals surface area contributed by atoms with Crippen LogP contribution in [-0.4, -0.2) is 35.6 Å². The Morgan fingerprint density at radius 3 is 2.44 bits per heavy atom. The zero-order valence-corrected chi connectivity index (χ0v) is 19.4. The quantitative estimate of drug-likeness (QED) is 0.299. The van der Waals surface area contributed by atoms with Gasteiger partial charge in [-0.1, -0.05) is 6.07 Å². The molecule has 2 N–H and O–H groups in total. The van der Waals surface area contributed by atoms with Gasteiger partial charge in [0.25, 0.3) is 11.7 Å². The number of ketones is 1. The van der Waals surface area contributed by atoms with Crippen LogP contribution in [0.15, 0.2) is 66.2 Å². The third kappa shape index (κ3) is 4.20. The van der Waals surface area contributed by atoms with Crippen LogP contribution < -0.4 is 14.4 Å². The number of carbonyl (C=O) groups is 2. The summed E-state index contributed by atoms with van der Waals surface area (Å²) in [6.07, 6.45) is 0. The van der Waals surface area contributed by atoms with E-state index in [1.807, 2.05) is 6.07 Å². The number of carbonyl (C=O) groups excluding carboxylic acids is 2. The van der Waals surface area contributed by atoms with Gasteiger partial charge in [-0.2, -0.15) is 5.26 Å². The molecule has 1 unspecified atom stereocenters. The van der Waals surface area contributed by atoms with Crippen molar-refractivity contribution in [3.8, 4) is 23.3 Å². The molecule has 0 spiro atoms. The Morgan fingerprint density at radius 2 is 1.81 bits per heavy atom. The first-order valence-electron chi connectivity index (χ1n) is 10.9. The summed E-state index contributed by atoms with van der Waals surface area (Å²) in [5, 5.41) is 30.6. The van der Waals surface area contributed by atoms with Gasteiger partial charge in [-0.05, 0) is 67.1 Å². The molecule has 9 heteroatoms. The summed E-state index contributed by atoms with van der Waals surface area (Å²) in [7, 11) is 1.32. The molecular formula is C27H21FN2O6. The van der Waals surface area contributed by atoms with Crippen LogP contribution >= 0.6 is 0 Å². The summed E-state index contributed by atoms with van der Waals surface area (Å²) >= 11 is 0.